The van der Waals surface area contributed by atoms with E-state index in [9.17, 15) is 13.2 Å². The summed E-state index contributed by atoms with van der Waals surface area (Å²) in [5.41, 5.74) is 1.52. The minimum Gasteiger partial charge on any atom is -0.490 e. The van der Waals surface area contributed by atoms with Crippen LogP contribution in [0.15, 0.2) is 30.3 Å². The molecule has 0 fully saturated rings. The number of amides is 1. The largest absolute Gasteiger partial charge is 0.490 e. The molecule has 0 aliphatic rings. The maximum atomic E-state index is 13.0. The Labute approximate surface area is 190 Å². The maximum absolute atomic E-state index is 13.0. The van der Waals surface area contributed by atoms with Crippen LogP contribution in [-0.4, -0.2) is 45.4 Å². The van der Waals surface area contributed by atoms with Crippen LogP contribution in [0.2, 0.25) is 0 Å². The molecule has 0 radical (unpaired) electrons. The summed E-state index contributed by atoms with van der Waals surface area (Å²) in [6, 6.07) is 8.38. The van der Waals surface area contributed by atoms with E-state index in [0.717, 1.165) is 11.0 Å². The van der Waals surface area contributed by atoms with Crippen LogP contribution in [0.4, 0.5) is 10.8 Å². The number of carbonyl (C=O) groups is 1. The summed E-state index contributed by atoms with van der Waals surface area (Å²) in [5.74, 6) is 0.970. The molecule has 0 atom stereocenters. The average molecular weight is 480 g/mol. The van der Waals surface area contributed by atoms with Crippen molar-refractivity contribution in [2.24, 2.45) is 0 Å². The lowest BCUT2D eigenvalue weighted by atomic mass is 10.1. The van der Waals surface area contributed by atoms with Crippen LogP contribution in [0.1, 0.15) is 31.1 Å². The van der Waals surface area contributed by atoms with E-state index in [1.807, 2.05) is 20.8 Å². The minimum absolute atomic E-state index is 0.264. The lowest BCUT2D eigenvalue weighted by Gasteiger charge is -2.17. The first-order chi connectivity index (χ1) is 15.2. The van der Waals surface area contributed by atoms with E-state index in [-0.39, 0.29) is 11.0 Å². The van der Waals surface area contributed by atoms with Gasteiger partial charge in [-0.15, -0.1) is 0 Å². The molecule has 172 valence electrons. The Morgan fingerprint density at radius 2 is 1.62 bits per heavy atom. The van der Waals surface area contributed by atoms with Crippen LogP contribution in [0, 0.1) is 0 Å². The molecule has 3 aromatic rings. The summed E-state index contributed by atoms with van der Waals surface area (Å²) in [5, 5.41) is 3.11. The molecule has 0 saturated heterocycles. The Morgan fingerprint density at radius 1 is 1.00 bits per heavy atom. The van der Waals surface area contributed by atoms with Crippen molar-refractivity contribution in [3.8, 4) is 17.2 Å². The number of rotatable bonds is 10. The van der Waals surface area contributed by atoms with Crippen molar-refractivity contribution in [1.29, 1.82) is 0 Å². The fourth-order valence-electron chi connectivity index (χ4n) is 2.93. The fraction of sp³-hybridized carbons (Fsp3) is 0.333. The summed E-state index contributed by atoms with van der Waals surface area (Å²) < 4.78 is 43.0. The highest BCUT2D eigenvalue weighted by atomic mass is 32.2. The van der Waals surface area contributed by atoms with Gasteiger partial charge in [0.25, 0.3) is 5.91 Å². The van der Waals surface area contributed by atoms with Gasteiger partial charge < -0.3 is 19.5 Å². The first-order valence-electron chi connectivity index (χ1n) is 10.00. The van der Waals surface area contributed by atoms with Gasteiger partial charge >= 0.3 is 0 Å². The molecule has 0 saturated carbocycles. The number of fused-ring (bicyclic) bond motifs is 1. The average Bonchev–Trinajstić information content (AvgIpc) is 3.10. The van der Waals surface area contributed by atoms with Crippen molar-refractivity contribution in [2.45, 2.75) is 20.8 Å². The molecular formula is C21H25N3O6S2. The summed E-state index contributed by atoms with van der Waals surface area (Å²) >= 11 is 1.18. The Morgan fingerprint density at radius 3 is 2.19 bits per heavy atom. The third kappa shape index (κ3) is 5.80. The summed E-state index contributed by atoms with van der Waals surface area (Å²) in [4.78, 5) is 17.2. The van der Waals surface area contributed by atoms with Gasteiger partial charge in [0.1, 0.15) is 0 Å². The predicted molar refractivity (Wildman–Crippen MR) is 126 cm³/mol. The minimum atomic E-state index is -3.42. The van der Waals surface area contributed by atoms with Crippen molar-refractivity contribution in [2.75, 3.05) is 36.1 Å². The second-order valence-corrected chi connectivity index (χ2v) is 9.41. The number of anilines is 2. The molecule has 2 N–H and O–H groups in total. The van der Waals surface area contributed by atoms with Gasteiger partial charge in [0.05, 0.1) is 36.3 Å². The molecule has 0 aliphatic carbocycles. The van der Waals surface area contributed by atoms with E-state index >= 15 is 0 Å². The zero-order chi connectivity index (χ0) is 23.3. The maximum Gasteiger partial charge on any atom is 0.255 e. The molecule has 0 unspecified atom stereocenters. The number of hydrogen-bond donors (Lipinski definition) is 2. The van der Waals surface area contributed by atoms with E-state index in [2.05, 4.69) is 15.0 Å². The second-order valence-electron chi connectivity index (χ2n) is 6.63. The Hall–Kier alpha value is -3.05. The molecule has 9 nitrogen and oxygen atoms in total. The van der Waals surface area contributed by atoms with E-state index in [4.69, 9.17) is 14.2 Å². The number of aromatic nitrogens is 1. The number of carbonyl (C=O) groups excluding carboxylic acids is 1. The van der Waals surface area contributed by atoms with Gasteiger partial charge in [-0.3, -0.25) is 9.52 Å². The molecule has 11 heteroatoms. The molecule has 3 rings (SSSR count). The van der Waals surface area contributed by atoms with E-state index < -0.39 is 10.0 Å². The highest BCUT2D eigenvalue weighted by molar-refractivity contribution is 7.92. The molecule has 1 amide bonds. The lowest BCUT2D eigenvalue weighted by molar-refractivity contribution is 0.102. The van der Waals surface area contributed by atoms with Crippen molar-refractivity contribution in [3.63, 3.8) is 0 Å². The molecule has 1 heterocycles. The smallest absolute Gasteiger partial charge is 0.255 e. The summed E-state index contributed by atoms with van der Waals surface area (Å²) in [6.07, 6.45) is 1.06. The van der Waals surface area contributed by atoms with Crippen LogP contribution >= 0.6 is 11.3 Å². The van der Waals surface area contributed by atoms with Crippen LogP contribution in [0.3, 0.4) is 0 Å². The van der Waals surface area contributed by atoms with Gasteiger partial charge in [-0.1, -0.05) is 11.3 Å². The quantitative estimate of drug-likeness (QED) is 0.449. The lowest BCUT2D eigenvalue weighted by Crippen LogP contribution is -2.13. The number of sulfonamides is 1. The molecule has 0 bridgehead atoms. The second kappa shape index (κ2) is 10.0. The van der Waals surface area contributed by atoms with E-state index in [0.29, 0.717) is 53.8 Å². The van der Waals surface area contributed by atoms with Gasteiger partial charge in [-0.2, -0.15) is 0 Å². The molecule has 0 aliphatic heterocycles. The SMILES string of the molecule is CCOc1cc(C(=O)Nc2ccc3nc(NS(C)(=O)=O)sc3c2)cc(OCC)c1OCC. The molecule has 1 aromatic heterocycles. The Kier molecular flexibility index (Phi) is 7.41. The number of ether oxygens (including phenoxy) is 3. The van der Waals surface area contributed by atoms with Gasteiger partial charge in [-0.05, 0) is 51.1 Å². The fourth-order valence-corrected chi connectivity index (χ4v) is 4.67. The van der Waals surface area contributed by atoms with Crippen LogP contribution < -0.4 is 24.2 Å². The van der Waals surface area contributed by atoms with Crippen molar-refractivity contribution in [1.82, 2.24) is 4.98 Å². The normalized spacial score (nSPS) is 11.2. The highest BCUT2D eigenvalue weighted by Gasteiger charge is 2.19. The number of nitrogens with zero attached hydrogens (tertiary/aromatic N) is 1. The molecular weight excluding hydrogens is 454 g/mol. The van der Waals surface area contributed by atoms with Crippen LogP contribution in [-0.2, 0) is 10.0 Å². The third-order valence-electron chi connectivity index (χ3n) is 4.09. The first-order valence-corrected chi connectivity index (χ1v) is 12.7. The molecule has 32 heavy (non-hydrogen) atoms. The van der Waals surface area contributed by atoms with Gasteiger partial charge in [0.2, 0.25) is 15.8 Å². The topological polar surface area (TPSA) is 116 Å². The standard InChI is InChI=1S/C21H25N3O6S2/c1-5-28-16-10-13(11-17(29-6-2)19(16)30-7-3)20(25)22-14-8-9-15-18(12-14)31-21(23-15)24-32(4,26)27/h8-12H,5-7H2,1-4H3,(H,22,25)(H,23,24). The Bertz CT molecular complexity index is 1200. The van der Waals surface area contributed by atoms with Gasteiger partial charge in [0.15, 0.2) is 16.6 Å². The van der Waals surface area contributed by atoms with Gasteiger partial charge in [0, 0.05) is 11.3 Å². The highest BCUT2D eigenvalue weighted by Crippen LogP contribution is 2.39. The zero-order valence-electron chi connectivity index (χ0n) is 18.2. The monoisotopic (exact) mass is 479 g/mol. The van der Waals surface area contributed by atoms with Crippen LogP contribution in [0.5, 0.6) is 17.2 Å². The van der Waals surface area contributed by atoms with E-state index in [1.165, 1.54) is 11.3 Å². The number of benzene rings is 2. The predicted octanol–water partition coefficient (Wildman–Crippen LogP) is 4.12. The van der Waals surface area contributed by atoms with E-state index in [1.54, 1.807) is 30.3 Å². The first kappa shape index (κ1) is 23.6. The number of hydrogen-bond acceptors (Lipinski definition) is 8. The summed E-state index contributed by atoms with van der Waals surface area (Å²) in [6.45, 7) is 6.79. The third-order valence-corrected chi connectivity index (χ3v) is 5.72. The van der Waals surface area contributed by atoms with Crippen molar-refractivity contribution >= 4 is 48.3 Å². The molecule has 0 spiro atoms. The zero-order valence-corrected chi connectivity index (χ0v) is 19.9. The van der Waals surface area contributed by atoms with Crippen molar-refractivity contribution in [3.05, 3.63) is 35.9 Å². The number of nitrogens with one attached hydrogen (secondary N) is 2. The Balaban J connectivity index is 1.89. The van der Waals surface area contributed by atoms with Gasteiger partial charge in [-0.25, -0.2) is 13.4 Å². The number of thiazole rings is 1. The van der Waals surface area contributed by atoms with Crippen molar-refractivity contribution < 1.29 is 27.4 Å². The molecule has 2 aromatic carbocycles. The summed E-state index contributed by atoms with van der Waals surface area (Å²) in [7, 11) is -3.42. The van der Waals surface area contributed by atoms with Crippen LogP contribution in [0.25, 0.3) is 10.2 Å².